The van der Waals surface area contributed by atoms with E-state index in [4.69, 9.17) is 4.74 Å². The number of unbranched alkanes of at least 4 members (excludes halogenated alkanes) is 2. The summed E-state index contributed by atoms with van der Waals surface area (Å²) in [6.07, 6.45) is 5.55. The molecular weight excluding hydrogens is 373 g/mol. The molecule has 1 aliphatic carbocycles. The largest absolute Gasteiger partial charge is 0.432 e. The Balaban J connectivity index is 1.69. The predicted molar refractivity (Wildman–Crippen MR) is 113 cm³/mol. The molecule has 2 aromatic carbocycles. The fourth-order valence-electron chi connectivity index (χ4n) is 4.55. The van der Waals surface area contributed by atoms with Crippen LogP contribution in [0.4, 0.5) is 13.2 Å². The molecule has 0 heterocycles. The van der Waals surface area contributed by atoms with Crippen LogP contribution in [0.25, 0.3) is 10.8 Å². The van der Waals surface area contributed by atoms with E-state index in [0.717, 1.165) is 50.3 Å². The highest BCUT2D eigenvalue weighted by atomic mass is 19.3. The lowest BCUT2D eigenvalue weighted by atomic mass is 9.79. The lowest BCUT2D eigenvalue weighted by Crippen LogP contribution is -2.37. The molecule has 3 rings (SSSR count). The van der Waals surface area contributed by atoms with Gasteiger partial charge in [-0.25, -0.2) is 4.39 Å². The van der Waals surface area contributed by atoms with Gasteiger partial charge in [-0.2, -0.15) is 8.78 Å². The molecule has 0 amide bonds. The highest BCUT2D eigenvalue weighted by Gasteiger charge is 2.43. The monoisotopic (exact) mass is 406 g/mol. The van der Waals surface area contributed by atoms with Crippen LogP contribution < -0.4 is 4.74 Å². The Labute approximate surface area is 172 Å². The highest BCUT2D eigenvalue weighted by Crippen LogP contribution is 2.41. The van der Waals surface area contributed by atoms with Gasteiger partial charge >= 0.3 is 6.11 Å². The molecule has 1 saturated carbocycles. The Morgan fingerprint density at radius 3 is 2.38 bits per heavy atom. The summed E-state index contributed by atoms with van der Waals surface area (Å²) in [6, 6.07) is 8.13. The molecule has 1 fully saturated rings. The van der Waals surface area contributed by atoms with Crippen molar-refractivity contribution in [1.82, 2.24) is 0 Å². The lowest BCUT2D eigenvalue weighted by molar-refractivity contribution is -0.223. The van der Waals surface area contributed by atoms with Crippen LogP contribution in [0.15, 0.2) is 30.3 Å². The molecule has 0 bridgehead atoms. The van der Waals surface area contributed by atoms with E-state index in [9.17, 15) is 13.2 Å². The number of aryl methyl sites for hydroxylation is 1. The van der Waals surface area contributed by atoms with Crippen LogP contribution in [0.2, 0.25) is 0 Å². The molecule has 0 unspecified atom stereocenters. The third-order valence-corrected chi connectivity index (χ3v) is 6.30. The van der Waals surface area contributed by atoms with E-state index >= 15 is 0 Å². The summed E-state index contributed by atoms with van der Waals surface area (Å²) in [7, 11) is 0. The van der Waals surface area contributed by atoms with Crippen LogP contribution in [-0.4, -0.2) is 6.11 Å². The van der Waals surface area contributed by atoms with Crippen molar-refractivity contribution >= 4 is 10.8 Å². The van der Waals surface area contributed by atoms with E-state index in [-0.39, 0.29) is 11.6 Å². The number of ether oxygens (including phenoxy) is 1. The molecule has 160 valence electrons. The Hall–Kier alpha value is -1.71. The average Bonchev–Trinajstić information content (AvgIpc) is 2.69. The summed E-state index contributed by atoms with van der Waals surface area (Å²) in [4.78, 5) is 0. The SMILES string of the molecule is CCCCCc1cc2ccc(OC(F)(F)C3CCC(CCC)CC3)cc2cc1F. The zero-order valence-corrected chi connectivity index (χ0v) is 17.7. The Kier molecular flexibility index (Phi) is 7.48. The first-order valence-corrected chi connectivity index (χ1v) is 11.2. The van der Waals surface area contributed by atoms with Crippen LogP contribution in [0.3, 0.4) is 0 Å². The van der Waals surface area contributed by atoms with Crippen LogP contribution in [0.1, 0.15) is 77.2 Å². The van der Waals surface area contributed by atoms with Crippen LogP contribution >= 0.6 is 0 Å². The number of halogens is 3. The number of benzene rings is 2. The van der Waals surface area contributed by atoms with Gasteiger partial charge in [0.1, 0.15) is 11.6 Å². The van der Waals surface area contributed by atoms with Gasteiger partial charge in [-0.1, -0.05) is 45.6 Å². The third-order valence-electron chi connectivity index (χ3n) is 6.30. The zero-order chi connectivity index (χ0) is 20.9. The minimum atomic E-state index is -3.19. The van der Waals surface area contributed by atoms with Crippen molar-refractivity contribution in [3.63, 3.8) is 0 Å². The normalized spacial score (nSPS) is 20.2. The van der Waals surface area contributed by atoms with Gasteiger partial charge in [-0.15, -0.1) is 0 Å². The van der Waals surface area contributed by atoms with E-state index < -0.39 is 12.0 Å². The van der Waals surface area contributed by atoms with Gasteiger partial charge in [-0.3, -0.25) is 0 Å². The highest BCUT2D eigenvalue weighted by molar-refractivity contribution is 5.84. The minimum absolute atomic E-state index is 0.108. The Morgan fingerprint density at radius 2 is 1.69 bits per heavy atom. The average molecular weight is 407 g/mol. The summed E-state index contributed by atoms with van der Waals surface area (Å²) in [5.74, 6) is -0.339. The summed E-state index contributed by atoms with van der Waals surface area (Å²) in [5, 5.41) is 1.45. The molecular formula is C25H33F3O. The summed E-state index contributed by atoms with van der Waals surface area (Å²) in [6.45, 7) is 4.26. The van der Waals surface area contributed by atoms with Gasteiger partial charge < -0.3 is 4.74 Å². The van der Waals surface area contributed by atoms with Crippen molar-refractivity contribution < 1.29 is 17.9 Å². The number of hydrogen-bond donors (Lipinski definition) is 0. The maximum Gasteiger partial charge on any atom is 0.400 e. The number of hydrogen-bond acceptors (Lipinski definition) is 1. The van der Waals surface area contributed by atoms with E-state index in [1.807, 2.05) is 6.07 Å². The van der Waals surface area contributed by atoms with Crippen molar-refractivity contribution in [3.8, 4) is 5.75 Å². The van der Waals surface area contributed by atoms with E-state index in [0.29, 0.717) is 36.1 Å². The van der Waals surface area contributed by atoms with Crippen LogP contribution in [0.5, 0.6) is 5.75 Å². The molecule has 4 heteroatoms. The maximum absolute atomic E-state index is 14.7. The van der Waals surface area contributed by atoms with E-state index in [2.05, 4.69) is 13.8 Å². The topological polar surface area (TPSA) is 9.23 Å². The molecule has 2 aromatic rings. The molecule has 0 radical (unpaired) electrons. The molecule has 0 N–H and O–H groups in total. The van der Waals surface area contributed by atoms with Crippen LogP contribution in [0, 0.1) is 17.7 Å². The van der Waals surface area contributed by atoms with Gasteiger partial charge in [0.05, 0.1) is 5.92 Å². The van der Waals surface area contributed by atoms with Gasteiger partial charge in [0, 0.05) is 0 Å². The second-order valence-corrected chi connectivity index (χ2v) is 8.58. The summed E-state index contributed by atoms with van der Waals surface area (Å²) in [5.41, 5.74) is 0.689. The van der Waals surface area contributed by atoms with Gasteiger partial charge in [0.25, 0.3) is 0 Å². The second kappa shape index (κ2) is 9.86. The number of alkyl halides is 2. The second-order valence-electron chi connectivity index (χ2n) is 8.58. The molecule has 29 heavy (non-hydrogen) atoms. The molecule has 0 spiro atoms. The lowest BCUT2D eigenvalue weighted by Gasteiger charge is -2.33. The molecule has 0 aromatic heterocycles. The van der Waals surface area contributed by atoms with E-state index in [1.165, 1.54) is 12.1 Å². The quantitative estimate of drug-likeness (QED) is 0.381. The molecule has 1 aliphatic rings. The van der Waals surface area contributed by atoms with Gasteiger partial charge in [0.2, 0.25) is 0 Å². The number of fused-ring (bicyclic) bond motifs is 1. The van der Waals surface area contributed by atoms with Crippen molar-refractivity contribution in [2.45, 2.75) is 84.2 Å². The first-order chi connectivity index (χ1) is 13.9. The zero-order valence-electron chi connectivity index (χ0n) is 17.7. The first kappa shape index (κ1) is 22.0. The summed E-state index contributed by atoms with van der Waals surface area (Å²) >= 11 is 0. The van der Waals surface area contributed by atoms with Crippen molar-refractivity contribution in [2.24, 2.45) is 11.8 Å². The smallest absolute Gasteiger partial charge is 0.400 e. The Bertz CT molecular complexity index is 794. The standard InChI is InChI=1S/C25H33F3O/c1-3-5-6-8-20-15-19-11-14-23(16-21(19)17-24(20)26)29-25(27,28)22-12-9-18(7-4-2)10-13-22/h11,14-18,22H,3-10,12-13H2,1-2H3. The maximum atomic E-state index is 14.7. The predicted octanol–water partition coefficient (Wildman–Crippen LogP) is 8.29. The van der Waals surface area contributed by atoms with Crippen molar-refractivity contribution in [3.05, 3.63) is 41.7 Å². The fraction of sp³-hybridized carbons (Fsp3) is 0.600. The Morgan fingerprint density at radius 1 is 0.931 bits per heavy atom. The van der Waals surface area contributed by atoms with Gasteiger partial charge in [-0.05, 0) is 85.0 Å². The molecule has 1 nitrogen and oxygen atoms in total. The molecule has 0 saturated heterocycles. The third kappa shape index (κ3) is 5.67. The first-order valence-electron chi connectivity index (χ1n) is 11.2. The van der Waals surface area contributed by atoms with E-state index in [1.54, 1.807) is 12.1 Å². The van der Waals surface area contributed by atoms with Crippen LogP contribution in [-0.2, 0) is 6.42 Å². The van der Waals surface area contributed by atoms with Crippen molar-refractivity contribution in [1.29, 1.82) is 0 Å². The molecule has 0 aliphatic heterocycles. The molecule has 0 atom stereocenters. The number of rotatable bonds is 9. The minimum Gasteiger partial charge on any atom is -0.432 e. The van der Waals surface area contributed by atoms with Crippen molar-refractivity contribution in [2.75, 3.05) is 0 Å². The fourth-order valence-corrected chi connectivity index (χ4v) is 4.55. The van der Waals surface area contributed by atoms with Gasteiger partial charge in [0.15, 0.2) is 0 Å². The summed E-state index contributed by atoms with van der Waals surface area (Å²) < 4.78 is 49.0.